The molecule has 0 aromatic heterocycles. The van der Waals surface area contributed by atoms with E-state index < -0.39 is 0 Å². The lowest BCUT2D eigenvalue weighted by Crippen LogP contribution is -2.35. The molecule has 0 bridgehead atoms. The molecule has 0 amide bonds. The number of anilines is 1. The normalized spacial score (nSPS) is 17.4. The zero-order valence-electron chi connectivity index (χ0n) is 10.6. The van der Waals surface area contributed by atoms with E-state index in [1.807, 2.05) is 6.07 Å². The fourth-order valence-corrected chi connectivity index (χ4v) is 2.30. The summed E-state index contributed by atoms with van der Waals surface area (Å²) in [6.45, 7) is 5.15. The molecule has 0 spiro atoms. The van der Waals surface area contributed by atoms with Gasteiger partial charge in [-0.1, -0.05) is 0 Å². The van der Waals surface area contributed by atoms with Crippen molar-refractivity contribution < 1.29 is 4.39 Å². The number of hydrogen-bond donors (Lipinski definition) is 1. The lowest BCUT2D eigenvalue weighted by atomic mass is 10.2. The van der Waals surface area contributed by atoms with Gasteiger partial charge in [0.1, 0.15) is 5.82 Å². The molecule has 0 saturated carbocycles. The summed E-state index contributed by atoms with van der Waals surface area (Å²) in [4.78, 5) is 2.41. The molecule has 1 atom stereocenters. The zero-order chi connectivity index (χ0) is 13.0. The van der Waals surface area contributed by atoms with E-state index in [1.165, 1.54) is 18.9 Å². The summed E-state index contributed by atoms with van der Waals surface area (Å²) >= 11 is 0. The van der Waals surface area contributed by atoms with Crippen LogP contribution in [0.15, 0.2) is 18.2 Å². The topological polar surface area (TPSA) is 39.1 Å². The van der Waals surface area contributed by atoms with Gasteiger partial charge in [0.25, 0.3) is 0 Å². The second-order valence-electron chi connectivity index (χ2n) is 4.78. The lowest BCUT2D eigenvalue weighted by Gasteiger charge is -2.24. The summed E-state index contributed by atoms with van der Waals surface area (Å²) in [6.07, 6.45) is 2.52. The second kappa shape index (κ2) is 5.83. The second-order valence-corrected chi connectivity index (χ2v) is 4.78. The molecular formula is C14H18FN3. The Kier molecular flexibility index (Phi) is 4.16. The molecule has 1 fully saturated rings. The van der Waals surface area contributed by atoms with Crippen molar-refractivity contribution in [1.82, 2.24) is 4.90 Å². The van der Waals surface area contributed by atoms with Crippen LogP contribution in [0.1, 0.15) is 25.3 Å². The average Bonchev–Trinajstić information content (AvgIpc) is 2.90. The first-order valence-electron chi connectivity index (χ1n) is 6.38. The van der Waals surface area contributed by atoms with Gasteiger partial charge in [-0.05, 0) is 51.1 Å². The predicted molar refractivity (Wildman–Crippen MR) is 69.9 cm³/mol. The minimum Gasteiger partial charge on any atom is -0.381 e. The molecule has 1 N–H and O–H groups in total. The van der Waals surface area contributed by atoms with Gasteiger partial charge < -0.3 is 5.32 Å². The molecule has 1 aliphatic rings. The largest absolute Gasteiger partial charge is 0.381 e. The number of hydrogen-bond acceptors (Lipinski definition) is 3. The lowest BCUT2D eigenvalue weighted by molar-refractivity contribution is 0.269. The van der Waals surface area contributed by atoms with Crippen LogP contribution in [0.2, 0.25) is 0 Å². The van der Waals surface area contributed by atoms with Crippen molar-refractivity contribution >= 4 is 5.69 Å². The third-order valence-electron chi connectivity index (χ3n) is 3.45. The van der Waals surface area contributed by atoms with Crippen LogP contribution in [-0.4, -0.2) is 30.6 Å². The molecule has 96 valence electrons. The Morgan fingerprint density at radius 1 is 1.44 bits per heavy atom. The Bertz CT molecular complexity index is 447. The van der Waals surface area contributed by atoms with Crippen molar-refractivity contribution in [3.05, 3.63) is 29.6 Å². The third-order valence-corrected chi connectivity index (χ3v) is 3.45. The van der Waals surface area contributed by atoms with Gasteiger partial charge in [-0.2, -0.15) is 5.26 Å². The number of nitrogens with one attached hydrogen (secondary N) is 1. The fraction of sp³-hybridized carbons (Fsp3) is 0.500. The van der Waals surface area contributed by atoms with Crippen molar-refractivity contribution in [2.24, 2.45) is 0 Å². The molecular weight excluding hydrogens is 229 g/mol. The molecule has 4 heteroatoms. The highest BCUT2D eigenvalue weighted by Gasteiger charge is 2.17. The highest BCUT2D eigenvalue weighted by molar-refractivity contribution is 5.48. The van der Waals surface area contributed by atoms with Gasteiger partial charge in [-0.15, -0.1) is 0 Å². The maximum atomic E-state index is 13.6. The van der Waals surface area contributed by atoms with Crippen molar-refractivity contribution in [1.29, 1.82) is 5.26 Å². The van der Waals surface area contributed by atoms with Gasteiger partial charge >= 0.3 is 0 Å². The van der Waals surface area contributed by atoms with E-state index in [4.69, 9.17) is 5.26 Å². The highest BCUT2D eigenvalue weighted by Crippen LogP contribution is 2.17. The molecule has 1 aromatic rings. The number of nitriles is 1. The number of benzene rings is 1. The maximum absolute atomic E-state index is 13.6. The Morgan fingerprint density at radius 3 is 2.78 bits per heavy atom. The van der Waals surface area contributed by atoms with Crippen molar-refractivity contribution in [2.75, 3.05) is 25.0 Å². The van der Waals surface area contributed by atoms with Crippen LogP contribution < -0.4 is 5.32 Å². The smallest absolute Gasteiger partial charge is 0.147 e. The van der Waals surface area contributed by atoms with E-state index in [0.717, 1.165) is 19.6 Å². The highest BCUT2D eigenvalue weighted by atomic mass is 19.1. The third kappa shape index (κ3) is 2.99. The summed E-state index contributed by atoms with van der Waals surface area (Å²) in [5, 5.41) is 11.8. The molecule has 18 heavy (non-hydrogen) atoms. The molecule has 1 aromatic carbocycles. The summed E-state index contributed by atoms with van der Waals surface area (Å²) < 4.78 is 13.6. The zero-order valence-corrected chi connectivity index (χ0v) is 10.6. The Morgan fingerprint density at radius 2 is 2.17 bits per heavy atom. The van der Waals surface area contributed by atoms with Crippen LogP contribution in [0.25, 0.3) is 0 Å². The molecule has 1 saturated heterocycles. The Hall–Kier alpha value is -1.60. The van der Waals surface area contributed by atoms with E-state index in [9.17, 15) is 4.39 Å². The standard InChI is InChI=1S/C14H18FN3/c1-11(18-6-2-3-7-18)10-17-14-5-4-12(9-16)8-13(14)15/h4-5,8,11,17H,2-3,6-7,10H2,1H3. The van der Waals surface area contributed by atoms with E-state index in [0.29, 0.717) is 17.3 Å². The Labute approximate surface area is 107 Å². The number of nitrogens with zero attached hydrogens (tertiary/aromatic N) is 2. The number of halogens is 1. The SMILES string of the molecule is CC(CNc1ccc(C#N)cc1F)N1CCCC1. The molecule has 1 unspecified atom stereocenters. The molecule has 0 radical (unpaired) electrons. The first-order chi connectivity index (χ1) is 8.70. The van der Waals surface area contributed by atoms with Gasteiger partial charge in [-0.25, -0.2) is 4.39 Å². The van der Waals surface area contributed by atoms with Crippen LogP contribution in [-0.2, 0) is 0 Å². The minimum absolute atomic E-state index is 0.352. The maximum Gasteiger partial charge on any atom is 0.147 e. The summed E-state index contributed by atoms with van der Waals surface area (Å²) in [6, 6.07) is 6.86. The van der Waals surface area contributed by atoms with Gasteiger partial charge in [0.15, 0.2) is 0 Å². The first kappa shape index (κ1) is 12.8. The van der Waals surface area contributed by atoms with Crippen LogP contribution in [0, 0.1) is 17.1 Å². The predicted octanol–water partition coefficient (Wildman–Crippen LogP) is 2.59. The molecule has 2 rings (SSSR count). The van der Waals surface area contributed by atoms with Gasteiger partial charge in [0.05, 0.1) is 17.3 Å². The molecule has 1 aliphatic heterocycles. The van der Waals surface area contributed by atoms with Crippen molar-refractivity contribution in [2.45, 2.75) is 25.8 Å². The Balaban J connectivity index is 1.91. The molecule has 1 heterocycles. The van der Waals surface area contributed by atoms with E-state index in [2.05, 4.69) is 17.1 Å². The van der Waals surface area contributed by atoms with Crippen LogP contribution in [0.4, 0.5) is 10.1 Å². The number of likely N-dealkylation sites (tertiary alicyclic amines) is 1. The van der Waals surface area contributed by atoms with Crippen molar-refractivity contribution in [3.8, 4) is 6.07 Å². The fourth-order valence-electron chi connectivity index (χ4n) is 2.30. The molecule has 3 nitrogen and oxygen atoms in total. The summed E-state index contributed by atoms with van der Waals surface area (Å²) in [7, 11) is 0. The summed E-state index contributed by atoms with van der Waals surface area (Å²) in [5.74, 6) is -0.359. The van der Waals surface area contributed by atoms with E-state index in [-0.39, 0.29) is 5.82 Å². The average molecular weight is 247 g/mol. The minimum atomic E-state index is -0.359. The van der Waals surface area contributed by atoms with Gasteiger partial charge in [-0.3, -0.25) is 4.90 Å². The quantitative estimate of drug-likeness (QED) is 0.889. The molecule has 0 aliphatic carbocycles. The first-order valence-corrected chi connectivity index (χ1v) is 6.38. The number of rotatable bonds is 4. The summed E-state index contributed by atoms with van der Waals surface area (Å²) in [5.41, 5.74) is 0.825. The van der Waals surface area contributed by atoms with Crippen LogP contribution in [0.3, 0.4) is 0 Å². The van der Waals surface area contributed by atoms with Crippen molar-refractivity contribution in [3.63, 3.8) is 0 Å². The van der Waals surface area contributed by atoms with Gasteiger partial charge in [0, 0.05) is 12.6 Å². The monoisotopic (exact) mass is 247 g/mol. The van der Waals surface area contributed by atoms with Crippen LogP contribution in [0.5, 0.6) is 0 Å². The van der Waals surface area contributed by atoms with Gasteiger partial charge in [0.2, 0.25) is 0 Å². The van der Waals surface area contributed by atoms with Crippen LogP contribution >= 0.6 is 0 Å². The van der Waals surface area contributed by atoms with E-state index >= 15 is 0 Å². The van der Waals surface area contributed by atoms with E-state index in [1.54, 1.807) is 12.1 Å².